The van der Waals surface area contributed by atoms with E-state index < -0.39 is 11.7 Å². The maximum Gasteiger partial charge on any atom is 0.408 e. The summed E-state index contributed by atoms with van der Waals surface area (Å²) in [6.07, 6.45) is 2.95. The van der Waals surface area contributed by atoms with Gasteiger partial charge in [-0.05, 0) is 18.4 Å². The summed E-state index contributed by atoms with van der Waals surface area (Å²) < 4.78 is 10.9. The smallest absolute Gasteiger partial charge is 0.408 e. The highest BCUT2D eigenvalue weighted by Gasteiger charge is 2.40. The lowest BCUT2D eigenvalue weighted by Crippen LogP contribution is -2.48. The van der Waals surface area contributed by atoms with Crippen LogP contribution in [0.3, 0.4) is 0 Å². The van der Waals surface area contributed by atoms with Crippen molar-refractivity contribution >= 4 is 12.0 Å². The van der Waals surface area contributed by atoms with Gasteiger partial charge in [-0.3, -0.25) is 4.79 Å². The first-order valence-corrected chi connectivity index (χ1v) is 9.40. The molecule has 0 saturated carbocycles. The van der Waals surface area contributed by atoms with Crippen LogP contribution in [0.4, 0.5) is 4.79 Å². The minimum atomic E-state index is -0.685. The predicted octanol–water partition coefficient (Wildman–Crippen LogP) is 3.07. The summed E-state index contributed by atoms with van der Waals surface area (Å²) in [4.78, 5) is 26.4. The zero-order valence-corrected chi connectivity index (χ0v) is 15.8. The number of likely N-dealkylation sites (tertiary alicyclic amines) is 1. The van der Waals surface area contributed by atoms with Gasteiger partial charge in [-0.2, -0.15) is 0 Å². The lowest BCUT2D eigenvalue weighted by molar-refractivity contribution is -0.135. The fourth-order valence-electron chi connectivity index (χ4n) is 3.30. The van der Waals surface area contributed by atoms with Crippen molar-refractivity contribution in [3.8, 4) is 0 Å². The SMILES string of the molecule is CCCC(=O)N1CCC(OC(=O)NCCCOC)(c2ccccc2)CC1. The van der Waals surface area contributed by atoms with Crippen molar-refractivity contribution in [3.05, 3.63) is 35.9 Å². The summed E-state index contributed by atoms with van der Waals surface area (Å²) >= 11 is 0. The van der Waals surface area contributed by atoms with Crippen molar-refractivity contribution in [2.45, 2.75) is 44.6 Å². The van der Waals surface area contributed by atoms with Crippen molar-refractivity contribution in [1.29, 1.82) is 0 Å². The Morgan fingerprint density at radius 1 is 1.19 bits per heavy atom. The predicted molar refractivity (Wildman–Crippen MR) is 99.8 cm³/mol. The van der Waals surface area contributed by atoms with E-state index in [0.717, 1.165) is 18.4 Å². The summed E-state index contributed by atoms with van der Waals surface area (Å²) in [6.45, 7) is 4.32. The molecule has 0 spiro atoms. The highest BCUT2D eigenvalue weighted by atomic mass is 16.6. The molecule has 0 atom stereocenters. The van der Waals surface area contributed by atoms with E-state index in [-0.39, 0.29) is 5.91 Å². The van der Waals surface area contributed by atoms with E-state index in [1.165, 1.54) is 0 Å². The van der Waals surface area contributed by atoms with Crippen molar-refractivity contribution in [2.24, 2.45) is 0 Å². The molecule has 1 N–H and O–H groups in total. The Morgan fingerprint density at radius 3 is 2.50 bits per heavy atom. The Morgan fingerprint density at radius 2 is 1.88 bits per heavy atom. The van der Waals surface area contributed by atoms with Gasteiger partial charge < -0.3 is 19.7 Å². The number of nitrogens with zero attached hydrogens (tertiary/aromatic N) is 1. The van der Waals surface area contributed by atoms with Gasteiger partial charge in [0.1, 0.15) is 5.60 Å². The molecular formula is C20H30N2O4. The number of carbonyl (C=O) groups excluding carboxylic acids is 2. The van der Waals surface area contributed by atoms with Crippen molar-refractivity contribution in [2.75, 3.05) is 33.4 Å². The first kappa shape index (κ1) is 20.2. The number of benzene rings is 1. The van der Waals surface area contributed by atoms with Gasteiger partial charge in [-0.25, -0.2) is 4.79 Å². The van der Waals surface area contributed by atoms with Gasteiger partial charge in [0.15, 0.2) is 0 Å². The quantitative estimate of drug-likeness (QED) is 0.722. The monoisotopic (exact) mass is 362 g/mol. The van der Waals surface area contributed by atoms with Crippen molar-refractivity contribution in [3.63, 3.8) is 0 Å². The number of ether oxygens (including phenoxy) is 2. The van der Waals surface area contributed by atoms with Gasteiger partial charge in [0.25, 0.3) is 0 Å². The van der Waals surface area contributed by atoms with Crippen LogP contribution in [0.15, 0.2) is 30.3 Å². The number of hydrogen-bond donors (Lipinski definition) is 1. The van der Waals surface area contributed by atoms with Crippen molar-refractivity contribution in [1.82, 2.24) is 10.2 Å². The zero-order valence-electron chi connectivity index (χ0n) is 15.8. The number of rotatable bonds is 8. The maximum atomic E-state index is 12.3. The van der Waals surface area contributed by atoms with Gasteiger partial charge in [0, 0.05) is 52.6 Å². The fraction of sp³-hybridized carbons (Fsp3) is 0.600. The Hall–Kier alpha value is -2.08. The molecule has 1 fully saturated rings. The first-order chi connectivity index (χ1) is 12.6. The first-order valence-electron chi connectivity index (χ1n) is 9.40. The number of piperidine rings is 1. The minimum absolute atomic E-state index is 0.179. The number of hydrogen-bond acceptors (Lipinski definition) is 4. The molecule has 144 valence electrons. The Kier molecular flexibility index (Phi) is 7.91. The number of amides is 2. The van der Waals surface area contributed by atoms with Gasteiger partial charge in [0.05, 0.1) is 0 Å². The van der Waals surface area contributed by atoms with Crippen LogP contribution in [0.2, 0.25) is 0 Å². The third-order valence-electron chi connectivity index (χ3n) is 4.77. The standard InChI is InChI=1S/C20H30N2O4/c1-3-8-18(23)22-14-11-20(12-15-22,17-9-5-4-6-10-17)26-19(24)21-13-7-16-25-2/h4-6,9-10H,3,7-8,11-16H2,1-2H3,(H,21,24). The summed E-state index contributed by atoms with van der Waals surface area (Å²) in [5.74, 6) is 0.179. The molecule has 1 aromatic carbocycles. The average Bonchev–Trinajstić information content (AvgIpc) is 2.67. The number of methoxy groups -OCH3 is 1. The molecule has 0 aliphatic carbocycles. The van der Waals surface area contributed by atoms with Gasteiger partial charge in [-0.15, -0.1) is 0 Å². The molecule has 1 saturated heterocycles. The van der Waals surface area contributed by atoms with Crippen LogP contribution in [0.1, 0.15) is 44.6 Å². The molecule has 2 amide bonds. The normalized spacial score (nSPS) is 16.2. The van der Waals surface area contributed by atoms with Crippen LogP contribution in [-0.4, -0.2) is 50.3 Å². The summed E-state index contributed by atoms with van der Waals surface area (Å²) in [7, 11) is 1.64. The minimum Gasteiger partial charge on any atom is -0.438 e. The number of carbonyl (C=O) groups is 2. The van der Waals surface area contributed by atoms with E-state index in [2.05, 4.69) is 5.32 Å². The highest BCUT2D eigenvalue weighted by Crippen LogP contribution is 2.37. The molecule has 2 rings (SSSR count). The Labute approximate surface area is 155 Å². The van der Waals surface area contributed by atoms with E-state index in [0.29, 0.717) is 45.5 Å². The molecule has 6 heteroatoms. The topological polar surface area (TPSA) is 67.9 Å². The number of alkyl carbamates (subject to hydrolysis) is 1. The molecule has 1 aliphatic rings. The van der Waals surface area contributed by atoms with Crippen LogP contribution in [0.25, 0.3) is 0 Å². The van der Waals surface area contributed by atoms with Crippen LogP contribution >= 0.6 is 0 Å². The van der Waals surface area contributed by atoms with E-state index >= 15 is 0 Å². The van der Waals surface area contributed by atoms with E-state index in [1.54, 1.807) is 7.11 Å². The Bertz CT molecular complexity index is 568. The molecule has 6 nitrogen and oxygen atoms in total. The van der Waals surface area contributed by atoms with E-state index in [4.69, 9.17) is 9.47 Å². The zero-order chi connectivity index (χ0) is 18.8. The lowest BCUT2D eigenvalue weighted by atomic mass is 9.84. The lowest BCUT2D eigenvalue weighted by Gasteiger charge is -2.41. The third kappa shape index (κ3) is 5.46. The van der Waals surface area contributed by atoms with Crippen molar-refractivity contribution < 1.29 is 19.1 Å². The molecular weight excluding hydrogens is 332 g/mol. The van der Waals surface area contributed by atoms with Gasteiger partial charge in [-0.1, -0.05) is 37.3 Å². The fourth-order valence-corrected chi connectivity index (χ4v) is 3.30. The second-order valence-electron chi connectivity index (χ2n) is 6.65. The molecule has 0 radical (unpaired) electrons. The second-order valence-corrected chi connectivity index (χ2v) is 6.65. The molecule has 0 bridgehead atoms. The van der Waals surface area contributed by atoms with Crippen LogP contribution in [0.5, 0.6) is 0 Å². The maximum absolute atomic E-state index is 12.3. The van der Waals surface area contributed by atoms with Gasteiger partial charge >= 0.3 is 6.09 Å². The molecule has 0 unspecified atom stereocenters. The highest BCUT2D eigenvalue weighted by molar-refractivity contribution is 5.76. The molecule has 1 aliphatic heterocycles. The van der Waals surface area contributed by atoms with Crippen LogP contribution in [0, 0.1) is 0 Å². The largest absolute Gasteiger partial charge is 0.438 e. The van der Waals surface area contributed by atoms with Crippen LogP contribution in [-0.2, 0) is 19.9 Å². The molecule has 1 heterocycles. The Balaban J connectivity index is 2.03. The second kappa shape index (κ2) is 10.2. The van der Waals surface area contributed by atoms with Gasteiger partial charge in [0.2, 0.25) is 5.91 Å². The van der Waals surface area contributed by atoms with Crippen LogP contribution < -0.4 is 5.32 Å². The summed E-state index contributed by atoms with van der Waals surface area (Å²) in [5.41, 5.74) is 0.296. The third-order valence-corrected chi connectivity index (χ3v) is 4.77. The summed E-state index contributed by atoms with van der Waals surface area (Å²) in [6, 6.07) is 9.82. The average molecular weight is 362 g/mol. The molecule has 1 aromatic rings. The van der Waals surface area contributed by atoms with E-state index in [9.17, 15) is 9.59 Å². The van der Waals surface area contributed by atoms with E-state index in [1.807, 2.05) is 42.2 Å². The summed E-state index contributed by atoms with van der Waals surface area (Å²) in [5, 5.41) is 2.79. The number of nitrogens with one attached hydrogen (secondary N) is 1. The molecule has 26 heavy (non-hydrogen) atoms. The molecule has 0 aromatic heterocycles.